The van der Waals surface area contributed by atoms with Crippen molar-refractivity contribution in [1.82, 2.24) is 4.98 Å². The van der Waals surface area contributed by atoms with E-state index >= 15 is 0 Å². The molecule has 1 aromatic heterocycles. The van der Waals surface area contributed by atoms with Crippen LogP contribution in [0.2, 0.25) is 0 Å². The van der Waals surface area contributed by atoms with Crippen LogP contribution < -0.4 is 10.1 Å². The van der Waals surface area contributed by atoms with Gasteiger partial charge in [-0.1, -0.05) is 12.1 Å². The fraction of sp³-hybridized carbons (Fsp3) is 0.214. The van der Waals surface area contributed by atoms with Crippen molar-refractivity contribution < 1.29 is 9.13 Å². The number of hydrogen-bond donors (Lipinski definition) is 1. The number of hydrogen-bond acceptors (Lipinski definition) is 3. The first-order valence-corrected chi connectivity index (χ1v) is 6.75. The largest absolute Gasteiger partial charge is 0.494 e. The smallest absolute Gasteiger partial charge is 0.166 e. The van der Waals surface area contributed by atoms with E-state index in [4.69, 9.17) is 4.74 Å². The molecule has 0 aliphatic rings. The van der Waals surface area contributed by atoms with Crippen molar-refractivity contribution in [1.29, 1.82) is 0 Å². The molecule has 1 N–H and O–H groups in total. The third-order valence-corrected chi connectivity index (χ3v) is 2.91. The number of nitrogens with one attached hydrogen (secondary N) is 1. The van der Waals surface area contributed by atoms with Crippen LogP contribution in [0.15, 0.2) is 41.0 Å². The molecule has 0 radical (unpaired) electrons. The SMILES string of the molecule is CCOc1cccc(CNc2ncc(Br)cc2F)c1. The summed E-state index contributed by atoms with van der Waals surface area (Å²) in [6.07, 6.45) is 1.56. The van der Waals surface area contributed by atoms with Crippen LogP contribution >= 0.6 is 15.9 Å². The molecule has 5 heteroatoms. The van der Waals surface area contributed by atoms with Gasteiger partial charge >= 0.3 is 0 Å². The van der Waals surface area contributed by atoms with Gasteiger partial charge in [0.15, 0.2) is 11.6 Å². The predicted octanol–water partition coefficient (Wildman–Crippen LogP) is 3.99. The topological polar surface area (TPSA) is 34.1 Å². The van der Waals surface area contributed by atoms with Gasteiger partial charge in [-0.15, -0.1) is 0 Å². The first-order chi connectivity index (χ1) is 9.19. The molecule has 1 aromatic carbocycles. The Bertz CT molecular complexity index is 563. The molecule has 0 saturated carbocycles. The fourth-order valence-corrected chi connectivity index (χ4v) is 1.95. The van der Waals surface area contributed by atoms with Crippen LogP contribution in [0.1, 0.15) is 12.5 Å². The van der Waals surface area contributed by atoms with Crippen molar-refractivity contribution in [3.63, 3.8) is 0 Å². The second kappa shape index (κ2) is 6.52. The van der Waals surface area contributed by atoms with E-state index in [0.717, 1.165) is 11.3 Å². The minimum atomic E-state index is -0.379. The Kier molecular flexibility index (Phi) is 4.74. The number of anilines is 1. The molecule has 2 aromatic rings. The Labute approximate surface area is 119 Å². The molecular formula is C14H14BrFN2O. The Morgan fingerprint density at radius 3 is 2.95 bits per heavy atom. The van der Waals surface area contributed by atoms with E-state index in [-0.39, 0.29) is 11.6 Å². The maximum Gasteiger partial charge on any atom is 0.166 e. The van der Waals surface area contributed by atoms with Crippen LogP contribution in [-0.4, -0.2) is 11.6 Å². The van der Waals surface area contributed by atoms with Gasteiger partial charge in [0.05, 0.1) is 6.61 Å². The van der Waals surface area contributed by atoms with Gasteiger partial charge in [0.1, 0.15) is 5.75 Å². The lowest BCUT2D eigenvalue weighted by Gasteiger charge is -2.08. The zero-order chi connectivity index (χ0) is 13.7. The van der Waals surface area contributed by atoms with Gasteiger partial charge in [-0.2, -0.15) is 0 Å². The van der Waals surface area contributed by atoms with E-state index in [1.54, 1.807) is 6.20 Å². The van der Waals surface area contributed by atoms with E-state index in [9.17, 15) is 4.39 Å². The molecule has 0 unspecified atom stereocenters. The second-order valence-electron chi connectivity index (χ2n) is 3.92. The Hall–Kier alpha value is -1.62. The van der Waals surface area contributed by atoms with E-state index in [1.807, 2.05) is 31.2 Å². The monoisotopic (exact) mass is 324 g/mol. The average Bonchev–Trinajstić information content (AvgIpc) is 2.38. The molecule has 1 heterocycles. The summed E-state index contributed by atoms with van der Waals surface area (Å²) in [7, 11) is 0. The molecule has 0 aliphatic heterocycles. The standard InChI is InChI=1S/C14H14BrFN2O/c1-2-19-12-5-3-4-10(6-12)8-17-14-13(16)7-11(15)9-18-14/h3-7,9H,2,8H2,1H3,(H,17,18). The molecule has 0 bridgehead atoms. The lowest BCUT2D eigenvalue weighted by molar-refractivity contribution is 0.340. The average molecular weight is 325 g/mol. The Morgan fingerprint density at radius 1 is 1.37 bits per heavy atom. The van der Waals surface area contributed by atoms with Crippen molar-refractivity contribution in [3.8, 4) is 5.75 Å². The number of benzene rings is 1. The van der Waals surface area contributed by atoms with E-state index in [0.29, 0.717) is 17.6 Å². The van der Waals surface area contributed by atoms with Gasteiger partial charge in [-0.05, 0) is 46.6 Å². The summed E-state index contributed by atoms with van der Waals surface area (Å²) in [5.41, 5.74) is 1.01. The normalized spacial score (nSPS) is 10.3. The third kappa shape index (κ3) is 3.92. The van der Waals surface area contributed by atoms with Crippen LogP contribution in [0.25, 0.3) is 0 Å². The first-order valence-electron chi connectivity index (χ1n) is 5.95. The molecule has 100 valence electrons. The highest BCUT2D eigenvalue weighted by Crippen LogP contribution is 2.18. The van der Waals surface area contributed by atoms with Gasteiger partial charge in [0.2, 0.25) is 0 Å². The molecule has 3 nitrogen and oxygen atoms in total. The van der Waals surface area contributed by atoms with Gasteiger partial charge in [-0.25, -0.2) is 9.37 Å². The van der Waals surface area contributed by atoms with Gasteiger partial charge in [-0.3, -0.25) is 0 Å². The summed E-state index contributed by atoms with van der Waals surface area (Å²) in [5, 5.41) is 2.96. The van der Waals surface area contributed by atoms with E-state index in [2.05, 4.69) is 26.2 Å². The molecular weight excluding hydrogens is 311 g/mol. The quantitative estimate of drug-likeness (QED) is 0.902. The highest BCUT2D eigenvalue weighted by atomic mass is 79.9. The zero-order valence-corrected chi connectivity index (χ0v) is 12.1. The third-order valence-electron chi connectivity index (χ3n) is 2.48. The fourth-order valence-electron chi connectivity index (χ4n) is 1.64. The molecule has 0 spiro atoms. The molecule has 0 atom stereocenters. The Morgan fingerprint density at radius 2 is 2.21 bits per heavy atom. The molecule has 0 aliphatic carbocycles. The number of rotatable bonds is 5. The van der Waals surface area contributed by atoms with Gasteiger partial charge < -0.3 is 10.1 Å². The van der Waals surface area contributed by atoms with Gasteiger partial charge in [0, 0.05) is 17.2 Å². The van der Waals surface area contributed by atoms with Crippen LogP contribution in [0.4, 0.5) is 10.2 Å². The number of nitrogens with zero attached hydrogens (tertiary/aromatic N) is 1. The minimum Gasteiger partial charge on any atom is -0.494 e. The Balaban J connectivity index is 2.03. The predicted molar refractivity (Wildman–Crippen MR) is 76.8 cm³/mol. The van der Waals surface area contributed by atoms with Crippen LogP contribution in [0, 0.1) is 5.82 Å². The maximum atomic E-state index is 13.6. The summed E-state index contributed by atoms with van der Waals surface area (Å²) in [4.78, 5) is 3.99. The van der Waals surface area contributed by atoms with Crippen LogP contribution in [-0.2, 0) is 6.54 Å². The number of halogens is 2. The summed E-state index contributed by atoms with van der Waals surface area (Å²) in [6.45, 7) is 3.05. The molecule has 0 fully saturated rings. The van der Waals surface area contributed by atoms with Crippen molar-refractivity contribution in [3.05, 3.63) is 52.4 Å². The lowest BCUT2D eigenvalue weighted by atomic mass is 10.2. The molecule has 2 rings (SSSR count). The maximum absolute atomic E-state index is 13.6. The van der Waals surface area contributed by atoms with Crippen molar-refractivity contribution in [2.24, 2.45) is 0 Å². The summed E-state index contributed by atoms with van der Waals surface area (Å²) < 4.78 is 19.6. The van der Waals surface area contributed by atoms with Crippen LogP contribution in [0.5, 0.6) is 5.75 Å². The molecule has 0 saturated heterocycles. The second-order valence-corrected chi connectivity index (χ2v) is 4.83. The molecule has 19 heavy (non-hydrogen) atoms. The summed E-state index contributed by atoms with van der Waals surface area (Å²) in [6, 6.07) is 9.06. The lowest BCUT2D eigenvalue weighted by Crippen LogP contribution is -2.04. The summed E-state index contributed by atoms with van der Waals surface area (Å²) in [5.74, 6) is 0.673. The summed E-state index contributed by atoms with van der Waals surface area (Å²) >= 11 is 3.17. The number of aromatic nitrogens is 1. The highest BCUT2D eigenvalue weighted by molar-refractivity contribution is 9.10. The van der Waals surface area contributed by atoms with E-state index < -0.39 is 0 Å². The number of ether oxygens (including phenoxy) is 1. The first kappa shape index (κ1) is 13.8. The molecule has 0 amide bonds. The van der Waals surface area contributed by atoms with E-state index in [1.165, 1.54) is 6.07 Å². The van der Waals surface area contributed by atoms with Crippen molar-refractivity contribution >= 4 is 21.7 Å². The van der Waals surface area contributed by atoms with Crippen molar-refractivity contribution in [2.45, 2.75) is 13.5 Å². The minimum absolute atomic E-state index is 0.241. The van der Waals surface area contributed by atoms with Crippen LogP contribution in [0.3, 0.4) is 0 Å². The number of pyridine rings is 1. The highest BCUT2D eigenvalue weighted by Gasteiger charge is 2.04. The van der Waals surface area contributed by atoms with Crippen molar-refractivity contribution in [2.75, 3.05) is 11.9 Å². The zero-order valence-electron chi connectivity index (χ0n) is 10.5. The van der Waals surface area contributed by atoms with Gasteiger partial charge in [0.25, 0.3) is 0 Å².